The number of carbonyl (C=O) groups excluding carboxylic acids is 2. The van der Waals surface area contributed by atoms with Crippen LogP contribution in [0.1, 0.15) is 40.3 Å². The van der Waals surface area contributed by atoms with Gasteiger partial charge in [-0.1, -0.05) is 24.3 Å². The van der Waals surface area contributed by atoms with E-state index in [1.807, 2.05) is 30.3 Å². The Morgan fingerprint density at radius 2 is 1.71 bits per heavy atom. The number of nitrogens with one attached hydrogen (secondary N) is 1. The molecule has 0 radical (unpaired) electrons. The first kappa shape index (κ1) is 19.4. The number of Topliss-reactive ketones (excluding diaryl/α,β-unsaturated/α-hetero) is 1. The van der Waals surface area contributed by atoms with E-state index in [-0.39, 0.29) is 5.56 Å². The molecule has 0 fully saturated rings. The molecule has 7 heteroatoms. The number of benzene rings is 2. The molecule has 1 aromatic heterocycles. The average Bonchev–Trinajstić information content (AvgIpc) is 2.98. The summed E-state index contributed by atoms with van der Waals surface area (Å²) >= 11 is 0. The van der Waals surface area contributed by atoms with Gasteiger partial charge in [0.25, 0.3) is 11.7 Å². The monoisotopic (exact) mass is 383 g/mol. The predicted octanol–water partition coefficient (Wildman–Crippen LogP) is 3.83. The molecule has 0 saturated heterocycles. The highest BCUT2D eigenvalue weighted by molar-refractivity contribution is 6.43. The second-order valence-electron chi connectivity index (χ2n) is 6.49. The summed E-state index contributed by atoms with van der Waals surface area (Å²) in [6, 6.07) is 11.9. The summed E-state index contributed by atoms with van der Waals surface area (Å²) in [7, 11) is 0. The van der Waals surface area contributed by atoms with Crippen molar-refractivity contribution in [3.05, 3.63) is 82.7 Å². The summed E-state index contributed by atoms with van der Waals surface area (Å²) in [4.78, 5) is 25.2. The van der Waals surface area contributed by atoms with E-state index in [9.17, 15) is 18.4 Å². The molecular formula is C21H19F2N3O2. The minimum absolute atomic E-state index is 0.221. The number of hydrogen-bond acceptors (Lipinski definition) is 3. The zero-order valence-electron chi connectivity index (χ0n) is 15.7. The molecule has 3 rings (SSSR count). The first-order chi connectivity index (χ1) is 13.3. The Morgan fingerprint density at radius 1 is 1.04 bits per heavy atom. The van der Waals surface area contributed by atoms with Gasteiger partial charge in [-0.05, 0) is 50.6 Å². The molecule has 0 aliphatic rings. The van der Waals surface area contributed by atoms with Gasteiger partial charge in [-0.2, -0.15) is 5.10 Å². The van der Waals surface area contributed by atoms with Crippen LogP contribution in [0.15, 0.2) is 48.5 Å². The second kappa shape index (κ2) is 7.72. The summed E-state index contributed by atoms with van der Waals surface area (Å²) < 4.78 is 28.1. The lowest BCUT2D eigenvalue weighted by atomic mass is 10.1. The van der Waals surface area contributed by atoms with Crippen molar-refractivity contribution in [2.24, 2.45) is 0 Å². The molecule has 5 nitrogen and oxygen atoms in total. The quantitative estimate of drug-likeness (QED) is 0.538. The lowest BCUT2D eigenvalue weighted by Gasteiger charge is -2.14. The van der Waals surface area contributed by atoms with Gasteiger partial charge in [0.2, 0.25) is 0 Å². The van der Waals surface area contributed by atoms with Crippen LogP contribution in [0.5, 0.6) is 0 Å². The van der Waals surface area contributed by atoms with Crippen LogP contribution in [0, 0.1) is 25.5 Å². The minimum atomic E-state index is -1.01. The highest BCUT2D eigenvalue weighted by atomic mass is 19.2. The average molecular weight is 383 g/mol. The van der Waals surface area contributed by atoms with Gasteiger partial charge in [-0.15, -0.1) is 0 Å². The lowest BCUT2D eigenvalue weighted by molar-refractivity contribution is -0.117. The molecule has 1 heterocycles. The van der Waals surface area contributed by atoms with Gasteiger partial charge < -0.3 is 5.32 Å². The first-order valence-electron chi connectivity index (χ1n) is 8.71. The third-order valence-electron chi connectivity index (χ3n) is 4.52. The number of aryl methyl sites for hydroxylation is 1. The molecular weight excluding hydrogens is 364 g/mol. The SMILES string of the molecule is Cc1nn(-c2ccccc2)c(C)c1C(=O)C(=O)NC(C)c1ccc(F)c(F)c1. The van der Waals surface area contributed by atoms with E-state index < -0.39 is 29.4 Å². The fourth-order valence-corrected chi connectivity index (χ4v) is 3.03. The Hall–Kier alpha value is -3.35. The number of amides is 1. The molecule has 0 spiro atoms. The molecule has 0 bridgehead atoms. The largest absolute Gasteiger partial charge is 0.343 e. The standard InChI is InChI=1S/C21H19F2N3O2/c1-12(15-9-10-17(22)18(23)11-15)24-21(28)20(27)19-13(2)25-26(14(19)3)16-7-5-4-6-8-16/h4-12H,1-3H3,(H,24,28). The van der Waals surface area contributed by atoms with E-state index in [0.717, 1.165) is 17.8 Å². The fourth-order valence-electron chi connectivity index (χ4n) is 3.03. The van der Waals surface area contributed by atoms with E-state index in [1.54, 1.807) is 25.5 Å². The van der Waals surface area contributed by atoms with Gasteiger partial charge in [0.1, 0.15) is 0 Å². The van der Waals surface area contributed by atoms with E-state index in [1.165, 1.54) is 6.07 Å². The van der Waals surface area contributed by atoms with Gasteiger partial charge in [0.15, 0.2) is 11.6 Å². The van der Waals surface area contributed by atoms with E-state index in [4.69, 9.17) is 0 Å². The third kappa shape index (κ3) is 3.69. The lowest BCUT2D eigenvalue weighted by Crippen LogP contribution is -2.33. The summed E-state index contributed by atoms with van der Waals surface area (Å²) in [5.74, 6) is -3.55. The summed E-state index contributed by atoms with van der Waals surface area (Å²) in [5.41, 5.74) is 2.33. The van der Waals surface area contributed by atoms with E-state index in [0.29, 0.717) is 17.0 Å². The van der Waals surface area contributed by atoms with Crippen molar-refractivity contribution in [2.45, 2.75) is 26.8 Å². The topological polar surface area (TPSA) is 64.0 Å². The number of para-hydroxylation sites is 1. The Labute approximate surface area is 161 Å². The molecule has 3 aromatic rings. The van der Waals surface area contributed by atoms with Crippen LogP contribution >= 0.6 is 0 Å². The molecule has 2 aromatic carbocycles. The maximum Gasteiger partial charge on any atom is 0.293 e. The Kier molecular flexibility index (Phi) is 5.35. The van der Waals surface area contributed by atoms with E-state index in [2.05, 4.69) is 10.4 Å². The number of hydrogen-bond donors (Lipinski definition) is 1. The van der Waals surface area contributed by atoms with E-state index >= 15 is 0 Å². The smallest absolute Gasteiger partial charge is 0.293 e. The molecule has 28 heavy (non-hydrogen) atoms. The zero-order chi connectivity index (χ0) is 20.4. The van der Waals surface area contributed by atoms with Crippen LogP contribution in [-0.2, 0) is 4.79 Å². The van der Waals surface area contributed by atoms with Gasteiger partial charge in [-0.3, -0.25) is 9.59 Å². The van der Waals surface area contributed by atoms with Crippen molar-refractivity contribution in [3.8, 4) is 5.69 Å². The number of ketones is 1. The molecule has 144 valence electrons. The molecule has 1 N–H and O–H groups in total. The van der Waals surface area contributed by atoms with Crippen LogP contribution in [0.4, 0.5) is 8.78 Å². The van der Waals surface area contributed by atoms with Crippen LogP contribution in [0.25, 0.3) is 5.69 Å². The van der Waals surface area contributed by atoms with Crippen LogP contribution < -0.4 is 5.32 Å². The molecule has 1 unspecified atom stereocenters. The predicted molar refractivity (Wildman–Crippen MR) is 100 cm³/mol. The van der Waals surface area contributed by atoms with Crippen molar-refractivity contribution in [3.63, 3.8) is 0 Å². The fraction of sp³-hybridized carbons (Fsp3) is 0.190. The van der Waals surface area contributed by atoms with Gasteiger partial charge >= 0.3 is 0 Å². The number of carbonyl (C=O) groups is 2. The Balaban J connectivity index is 1.83. The molecule has 0 saturated carbocycles. The van der Waals surface area contributed by atoms with Crippen LogP contribution in [0.3, 0.4) is 0 Å². The van der Waals surface area contributed by atoms with Crippen LogP contribution in [-0.4, -0.2) is 21.5 Å². The third-order valence-corrected chi connectivity index (χ3v) is 4.52. The zero-order valence-corrected chi connectivity index (χ0v) is 15.7. The van der Waals surface area contributed by atoms with Gasteiger partial charge in [0.05, 0.1) is 28.7 Å². The number of rotatable bonds is 5. The summed E-state index contributed by atoms with van der Waals surface area (Å²) in [6.07, 6.45) is 0. The van der Waals surface area contributed by atoms with Crippen molar-refractivity contribution < 1.29 is 18.4 Å². The molecule has 1 atom stereocenters. The summed E-state index contributed by atoms with van der Waals surface area (Å²) in [6.45, 7) is 4.96. The van der Waals surface area contributed by atoms with Gasteiger partial charge in [-0.25, -0.2) is 13.5 Å². The Morgan fingerprint density at radius 3 is 2.36 bits per heavy atom. The van der Waals surface area contributed by atoms with Crippen molar-refractivity contribution in [1.82, 2.24) is 15.1 Å². The highest BCUT2D eigenvalue weighted by Gasteiger charge is 2.26. The highest BCUT2D eigenvalue weighted by Crippen LogP contribution is 2.20. The summed E-state index contributed by atoms with van der Waals surface area (Å²) in [5, 5.41) is 6.90. The number of nitrogens with zero attached hydrogens (tertiary/aromatic N) is 2. The normalized spacial score (nSPS) is 11.9. The van der Waals surface area contributed by atoms with Crippen LogP contribution in [0.2, 0.25) is 0 Å². The van der Waals surface area contributed by atoms with Crippen molar-refractivity contribution in [2.75, 3.05) is 0 Å². The maximum absolute atomic E-state index is 13.4. The minimum Gasteiger partial charge on any atom is -0.343 e. The molecule has 0 aliphatic heterocycles. The first-order valence-corrected chi connectivity index (χ1v) is 8.71. The molecule has 1 amide bonds. The maximum atomic E-state index is 13.4. The van der Waals surface area contributed by atoms with Gasteiger partial charge in [0, 0.05) is 0 Å². The second-order valence-corrected chi connectivity index (χ2v) is 6.49. The number of aromatic nitrogens is 2. The van der Waals surface area contributed by atoms with Crippen molar-refractivity contribution in [1.29, 1.82) is 0 Å². The number of halogens is 2. The molecule has 0 aliphatic carbocycles. The Bertz CT molecular complexity index is 1050. The van der Waals surface area contributed by atoms with Crippen molar-refractivity contribution >= 4 is 11.7 Å².